The van der Waals surface area contributed by atoms with Gasteiger partial charge in [0.05, 0.1) is 0 Å². The van der Waals surface area contributed by atoms with E-state index in [0.29, 0.717) is 17.9 Å². The van der Waals surface area contributed by atoms with Crippen molar-refractivity contribution in [1.29, 1.82) is 0 Å². The summed E-state index contributed by atoms with van der Waals surface area (Å²) < 4.78 is 0. The Morgan fingerprint density at radius 3 is 2.53 bits per heavy atom. The van der Waals surface area contributed by atoms with Gasteiger partial charge in [-0.05, 0) is 50.1 Å². The summed E-state index contributed by atoms with van der Waals surface area (Å²) in [6, 6.07) is 0.460. The molecule has 3 nitrogen and oxygen atoms in total. The third-order valence-electron chi connectivity index (χ3n) is 5.82. The molecule has 3 heteroatoms. The average Bonchev–Trinajstić information content (AvgIpc) is 2.36. The number of nitrogens with one attached hydrogen (secondary N) is 2. The summed E-state index contributed by atoms with van der Waals surface area (Å²) in [6.45, 7) is 4.13. The topological polar surface area (TPSA) is 41.1 Å². The highest BCUT2D eigenvalue weighted by atomic mass is 16.1. The van der Waals surface area contributed by atoms with Crippen LogP contribution in [0.5, 0.6) is 0 Å². The van der Waals surface area contributed by atoms with Crippen LogP contribution >= 0.6 is 0 Å². The molecule has 2 saturated carbocycles. The Morgan fingerprint density at radius 2 is 1.84 bits per heavy atom. The van der Waals surface area contributed by atoms with E-state index in [2.05, 4.69) is 17.6 Å². The van der Waals surface area contributed by atoms with Crippen molar-refractivity contribution in [2.75, 3.05) is 13.1 Å². The fourth-order valence-electron chi connectivity index (χ4n) is 4.22. The van der Waals surface area contributed by atoms with Crippen LogP contribution < -0.4 is 10.6 Å². The number of rotatable bonds is 3. The maximum atomic E-state index is 12.3. The molecule has 0 bridgehead atoms. The summed E-state index contributed by atoms with van der Waals surface area (Å²) in [6.07, 6.45) is 9.48. The van der Waals surface area contributed by atoms with E-state index in [1.807, 2.05) is 0 Å². The SMILES string of the molecule is CC(C(=O)NC1CCC2CCCCC2C1)C1CNC1. The predicted molar refractivity (Wildman–Crippen MR) is 76.8 cm³/mol. The highest BCUT2D eigenvalue weighted by molar-refractivity contribution is 5.79. The lowest BCUT2D eigenvalue weighted by Crippen LogP contribution is -2.51. The molecule has 0 aromatic carbocycles. The molecule has 1 saturated heterocycles. The second-order valence-corrected chi connectivity index (χ2v) is 7.03. The van der Waals surface area contributed by atoms with E-state index in [-0.39, 0.29) is 5.92 Å². The minimum absolute atomic E-state index is 0.185. The van der Waals surface area contributed by atoms with E-state index in [9.17, 15) is 4.79 Å². The van der Waals surface area contributed by atoms with Crippen molar-refractivity contribution in [2.45, 2.75) is 57.9 Å². The van der Waals surface area contributed by atoms with Crippen LogP contribution in [0.15, 0.2) is 0 Å². The van der Waals surface area contributed by atoms with Gasteiger partial charge in [-0.15, -0.1) is 0 Å². The van der Waals surface area contributed by atoms with Crippen molar-refractivity contribution in [1.82, 2.24) is 10.6 Å². The first kappa shape index (κ1) is 13.4. The zero-order valence-electron chi connectivity index (χ0n) is 12.2. The van der Waals surface area contributed by atoms with Crippen LogP contribution in [0, 0.1) is 23.7 Å². The second kappa shape index (κ2) is 5.82. The van der Waals surface area contributed by atoms with Crippen molar-refractivity contribution < 1.29 is 4.79 Å². The molecule has 2 N–H and O–H groups in total. The lowest BCUT2D eigenvalue weighted by Gasteiger charge is -2.40. The molecule has 3 fully saturated rings. The van der Waals surface area contributed by atoms with Crippen LogP contribution in [-0.4, -0.2) is 25.0 Å². The third kappa shape index (κ3) is 2.96. The van der Waals surface area contributed by atoms with Gasteiger partial charge in [0.1, 0.15) is 0 Å². The molecule has 3 aliphatic rings. The van der Waals surface area contributed by atoms with Gasteiger partial charge in [-0.25, -0.2) is 0 Å². The maximum absolute atomic E-state index is 12.3. The Labute approximate surface area is 116 Å². The van der Waals surface area contributed by atoms with Gasteiger partial charge in [-0.1, -0.05) is 32.6 Å². The van der Waals surface area contributed by atoms with Gasteiger partial charge in [-0.3, -0.25) is 4.79 Å². The summed E-state index contributed by atoms with van der Waals surface area (Å²) in [4.78, 5) is 12.3. The van der Waals surface area contributed by atoms with E-state index >= 15 is 0 Å². The number of hydrogen-bond donors (Lipinski definition) is 2. The summed E-state index contributed by atoms with van der Waals surface area (Å²) in [7, 11) is 0. The van der Waals surface area contributed by atoms with Crippen LogP contribution in [0.2, 0.25) is 0 Å². The molecule has 1 amide bonds. The largest absolute Gasteiger partial charge is 0.353 e. The monoisotopic (exact) mass is 264 g/mol. The molecule has 1 aliphatic heterocycles. The fourth-order valence-corrected chi connectivity index (χ4v) is 4.22. The minimum atomic E-state index is 0.185. The first-order valence-corrected chi connectivity index (χ1v) is 8.25. The predicted octanol–water partition coefficient (Wildman–Crippen LogP) is 2.32. The summed E-state index contributed by atoms with van der Waals surface area (Å²) in [5.74, 6) is 2.91. The Balaban J connectivity index is 1.48. The fraction of sp³-hybridized carbons (Fsp3) is 0.938. The van der Waals surface area contributed by atoms with Crippen LogP contribution in [-0.2, 0) is 4.79 Å². The zero-order chi connectivity index (χ0) is 13.2. The molecular weight excluding hydrogens is 236 g/mol. The van der Waals surface area contributed by atoms with Gasteiger partial charge >= 0.3 is 0 Å². The lowest BCUT2D eigenvalue weighted by molar-refractivity contribution is -0.127. The van der Waals surface area contributed by atoms with Crippen molar-refractivity contribution in [2.24, 2.45) is 23.7 Å². The van der Waals surface area contributed by atoms with E-state index in [1.165, 1.54) is 44.9 Å². The molecule has 19 heavy (non-hydrogen) atoms. The Morgan fingerprint density at radius 1 is 1.11 bits per heavy atom. The molecule has 0 aromatic rings. The summed E-state index contributed by atoms with van der Waals surface area (Å²) >= 11 is 0. The Hall–Kier alpha value is -0.570. The van der Waals surface area contributed by atoms with Gasteiger partial charge in [0.15, 0.2) is 0 Å². The molecular formula is C16H28N2O. The highest BCUT2D eigenvalue weighted by Crippen LogP contribution is 2.40. The quantitative estimate of drug-likeness (QED) is 0.821. The standard InChI is InChI=1S/C16H28N2O/c1-11(14-9-17-10-14)16(19)18-15-7-6-12-4-2-3-5-13(12)8-15/h11-15,17H,2-10H2,1H3,(H,18,19). The minimum Gasteiger partial charge on any atom is -0.353 e. The number of carbonyl (C=O) groups excluding carboxylic acids is 1. The van der Waals surface area contributed by atoms with Crippen molar-refractivity contribution in [3.63, 3.8) is 0 Å². The molecule has 2 aliphatic carbocycles. The molecule has 3 rings (SSSR count). The summed E-state index contributed by atoms with van der Waals surface area (Å²) in [5.41, 5.74) is 0. The van der Waals surface area contributed by atoms with Gasteiger partial charge in [0.25, 0.3) is 0 Å². The number of carbonyl (C=O) groups is 1. The number of amides is 1. The average molecular weight is 264 g/mol. The van der Waals surface area contributed by atoms with Crippen LogP contribution in [0.4, 0.5) is 0 Å². The van der Waals surface area contributed by atoms with Crippen LogP contribution in [0.3, 0.4) is 0 Å². The number of fused-ring (bicyclic) bond motifs is 1. The smallest absolute Gasteiger partial charge is 0.223 e. The van der Waals surface area contributed by atoms with Gasteiger partial charge in [-0.2, -0.15) is 0 Å². The molecule has 0 spiro atoms. The molecule has 108 valence electrons. The molecule has 0 aromatic heterocycles. The van der Waals surface area contributed by atoms with Crippen LogP contribution in [0.25, 0.3) is 0 Å². The van der Waals surface area contributed by atoms with Gasteiger partial charge < -0.3 is 10.6 Å². The second-order valence-electron chi connectivity index (χ2n) is 7.03. The van der Waals surface area contributed by atoms with E-state index in [0.717, 1.165) is 24.9 Å². The van der Waals surface area contributed by atoms with Crippen LogP contribution in [0.1, 0.15) is 51.9 Å². The van der Waals surface area contributed by atoms with Gasteiger partial charge in [0.2, 0.25) is 5.91 Å². The third-order valence-corrected chi connectivity index (χ3v) is 5.82. The zero-order valence-corrected chi connectivity index (χ0v) is 12.2. The number of hydrogen-bond acceptors (Lipinski definition) is 2. The van der Waals surface area contributed by atoms with E-state index in [1.54, 1.807) is 0 Å². The Bertz CT molecular complexity index is 327. The van der Waals surface area contributed by atoms with Crippen molar-refractivity contribution >= 4 is 5.91 Å². The lowest BCUT2D eigenvalue weighted by atomic mass is 9.69. The molecule has 4 unspecified atom stereocenters. The molecule has 1 heterocycles. The molecule has 4 atom stereocenters. The maximum Gasteiger partial charge on any atom is 0.223 e. The van der Waals surface area contributed by atoms with Crippen molar-refractivity contribution in [3.05, 3.63) is 0 Å². The van der Waals surface area contributed by atoms with E-state index < -0.39 is 0 Å². The van der Waals surface area contributed by atoms with Gasteiger partial charge in [0, 0.05) is 12.0 Å². The summed E-state index contributed by atoms with van der Waals surface area (Å²) in [5, 5.41) is 6.59. The highest BCUT2D eigenvalue weighted by Gasteiger charge is 2.34. The van der Waals surface area contributed by atoms with Crippen molar-refractivity contribution in [3.8, 4) is 0 Å². The molecule has 0 radical (unpaired) electrons. The van der Waals surface area contributed by atoms with E-state index in [4.69, 9.17) is 0 Å². The first-order chi connectivity index (χ1) is 9.24. The first-order valence-electron chi connectivity index (χ1n) is 8.25. The normalized spacial score (nSPS) is 37.0. The Kier molecular flexibility index (Phi) is 4.11.